The Morgan fingerprint density at radius 3 is 2.57 bits per heavy atom. The van der Waals surface area contributed by atoms with Gasteiger partial charge in [-0.2, -0.15) is 13.8 Å². The molecule has 1 aromatic rings. The number of aliphatic hydroxyl groups excluding tert-OH is 1. The summed E-state index contributed by atoms with van der Waals surface area (Å²) in [5.74, 6) is -4.30. The third kappa shape index (κ3) is 4.77. The number of amides is 1. The minimum absolute atomic E-state index is 0.118. The van der Waals surface area contributed by atoms with E-state index in [-0.39, 0.29) is 10.9 Å². The molecule has 170 valence electrons. The van der Waals surface area contributed by atoms with Crippen molar-refractivity contribution < 1.29 is 27.8 Å². The summed E-state index contributed by atoms with van der Waals surface area (Å²) in [5, 5.41) is 11.6. The Kier molecular flexibility index (Phi) is 6.89. The summed E-state index contributed by atoms with van der Waals surface area (Å²) in [6.07, 6.45) is -4.00. The molecule has 0 aromatic carbocycles. The summed E-state index contributed by atoms with van der Waals surface area (Å²) in [6, 6.07) is 0.354. The molecule has 12 heteroatoms. The summed E-state index contributed by atoms with van der Waals surface area (Å²) < 4.78 is 42.4. The zero-order chi connectivity index (χ0) is 23.1. The number of nitrogens with one attached hydrogen (secondary N) is 1. The molecule has 2 heterocycles. The molecule has 9 nitrogen and oxygen atoms in total. The summed E-state index contributed by atoms with van der Waals surface area (Å²) in [5.41, 5.74) is 4.39. The molecule has 4 N–H and O–H groups in total. The van der Waals surface area contributed by atoms with Gasteiger partial charge in [-0.3, -0.25) is 9.36 Å². The third-order valence-corrected chi connectivity index (χ3v) is 9.96. The van der Waals surface area contributed by atoms with Gasteiger partial charge in [-0.1, -0.05) is 20.8 Å². The molecule has 0 aliphatic carbocycles. The van der Waals surface area contributed by atoms with Crippen LogP contribution in [0.15, 0.2) is 17.1 Å². The highest BCUT2D eigenvalue weighted by molar-refractivity contribution is 6.74. The quantitative estimate of drug-likeness (QED) is 0.562. The van der Waals surface area contributed by atoms with Crippen molar-refractivity contribution in [1.82, 2.24) is 9.55 Å². The van der Waals surface area contributed by atoms with Crippen LogP contribution in [0, 0.1) is 0 Å². The summed E-state index contributed by atoms with van der Waals surface area (Å²) >= 11 is 0. The Balaban J connectivity index is 2.35. The number of ether oxygens (including phenoxy) is 1. The Hall–Kier alpha value is -1.73. The highest BCUT2D eigenvalue weighted by Crippen LogP contribution is 2.47. The monoisotopic (exact) mass is 448 g/mol. The molecule has 1 saturated heterocycles. The summed E-state index contributed by atoms with van der Waals surface area (Å²) in [6.45, 7) is 10.1. The maximum Gasteiger partial charge on any atom is 0.351 e. The summed E-state index contributed by atoms with van der Waals surface area (Å²) in [7, 11) is -2.63. The Bertz CT molecular complexity index is 841. The first kappa shape index (κ1) is 24.5. The fourth-order valence-corrected chi connectivity index (χ4v) is 3.95. The predicted octanol–water partition coefficient (Wildman–Crippen LogP) is 1.44. The Morgan fingerprint density at radius 1 is 1.50 bits per heavy atom. The second kappa shape index (κ2) is 8.42. The van der Waals surface area contributed by atoms with Crippen LogP contribution in [-0.2, 0) is 14.0 Å². The molecule has 1 amide bonds. The lowest BCUT2D eigenvalue weighted by atomic mass is 10.1. The largest absolute Gasteiger partial charge is 0.405 e. The van der Waals surface area contributed by atoms with E-state index in [0.717, 1.165) is 6.20 Å². The molecule has 0 bridgehead atoms. The number of nitrogens with two attached hydrogens (primary N) is 1. The molecule has 1 aliphatic rings. The smallest absolute Gasteiger partial charge is 0.351 e. The lowest BCUT2D eigenvalue weighted by molar-refractivity contribution is -0.138. The first-order chi connectivity index (χ1) is 13.6. The number of alkyl halides is 2. The number of carbonyl (C=O) groups excluding carboxylic acids is 1. The van der Waals surface area contributed by atoms with Crippen LogP contribution in [0.1, 0.15) is 33.9 Å². The number of rotatable bonds is 6. The maximum absolute atomic E-state index is 15.3. The van der Waals surface area contributed by atoms with Crippen molar-refractivity contribution in [2.75, 3.05) is 11.9 Å². The van der Waals surface area contributed by atoms with E-state index in [4.69, 9.17) is 14.9 Å². The molecule has 2 rings (SSSR count). The van der Waals surface area contributed by atoms with E-state index in [1.807, 2.05) is 33.9 Å². The van der Waals surface area contributed by atoms with Crippen molar-refractivity contribution in [3.63, 3.8) is 0 Å². The van der Waals surface area contributed by atoms with Gasteiger partial charge in [0.25, 0.3) is 0 Å². The van der Waals surface area contributed by atoms with Crippen LogP contribution in [0.25, 0.3) is 0 Å². The summed E-state index contributed by atoms with van der Waals surface area (Å²) in [4.78, 5) is 27.6. The predicted molar refractivity (Wildman–Crippen MR) is 109 cm³/mol. The van der Waals surface area contributed by atoms with Crippen molar-refractivity contribution in [3.05, 3.63) is 22.7 Å². The van der Waals surface area contributed by atoms with Crippen molar-refractivity contribution in [2.45, 2.75) is 76.2 Å². The van der Waals surface area contributed by atoms with Gasteiger partial charge < -0.3 is 25.3 Å². The molecule has 30 heavy (non-hydrogen) atoms. The lowest BCUT2D eigenvalue weighted by Gasteiger charge is -2.40. The number of aromatic nitrogens is 2. The first-order valence-corrected chi connectivity index (χ1v) is 12.5. The van der Waals surface area contributed by atoms with Crippen LogP contribution in [0.4, 0.5) is 14.6 Å². The number of nitrogens with zero attached hydrogens (tertiary/aromatic N) is 2. The highest BCUT2D eigenvalue weighted by Gasteiger charge is 2.62. The molecule has 1 fully saturated rings. The molecule has 4 atom stereocenters. The van der Waals surface area contributed by atoms with Crippen molar-refractivity contribution in [2.24, 2.45) is 5.73 Å². The normalized spacial score (nSPS) is 25.2. The number of aliphatic hydroxyl groups is 1. The SMILES string of the molecule is C[C@H](N)C(=O)Nc1ccn([C@@H]2O[C@H](CO)[C@@H](O[Si](C)(C)C(C)(C)C)C2(F)F)c(=O)n1. The van der Waals surface area contributed by atoms with Gasteiger partial charge in [0.15, 0.2) is 8.32 Å². The van der Waals surface area contributed by atoms with Gasteiger partial charge in [0.05, 0.1) is 12.6 Å². The van der Waals surface area contributed by atoms with Gasteiger partial charge in [-0.25, -0.2) is 4.79 Å². The van der Waals surface area contributed by atoms with Crippen LogP contribution >= 0.6 is 0 Å². The molecule has 0 saturated carbocycles. The third-order valence-electron chi connectivity index (χ3n) is 5.51. The second-order valence-electron chi connectivity index (χ2n) is 8.96. The van der Waals surface area contributed by atoms with Crippen LogP contribution in [0.3, 0.4) is 0 Å². The molecule has 0 unspecified atom stereocenters. The molecule has 0 spiro atoms. The van der Waals surface area contributed by atoms with Gasteiger partial charge in [0.1, 0.15) is 18.0 Å². The van der Waals surface area contributed by atoms with Gasteiger partial charge in [-0.05, 0) is 31.1 Å². The van der Waals surface area contributed by atoms with E-state index >= 15 is 8.78 Å². The van der Waals surface area contributed by atoms with Crippen LogP contribution < -0.4 is 16.7 Å². The number of hydrogen-bond acceptors (Lipinski definition) is 7. The van der Waals surface area contributed by atoms with E-state index in [2.05, 4.69) is 10.3 Å². The molecular formula is C18H30F2N4O5Si. The van der Waals surface area contributed by atoms with Gasteiger partial charge in [-0.15, -0.1) is 0 Å². The first-order valence-electron chi connectivity index (χ1n) is 9.59. The Morgan fingerprint density at radius 2 is 2.10 bits per heavy atom. The highest BCUT2D eigenvalue weighted by atomic mass is 28.4. The van der Waals surface area contributed by atoms with E-state index in [9.17, 15) is 14.7 Å². The topological polar surface area (TPSA) is 129 Å². The van der Waals surface area contributed by atoms with Gasteiger partial charge >= 0.3 is 11.6 Å². The zero-order valence-electron chi connectivity index (χ0n) is 18.0. The van der Waals surface area contributed by atoms with E-state index in [0.29, 0.717) is 4.57 Å². The fraction of sp³-hybridized carbons (Fsp3) is 0.722. The minimum Gasteiger partial charge on any atom is -0.405 e. The molecule has 0 radical (unpaired) electrons. The standard InChI is InChI=1S/C18H30F2N4O5Si/c1-10(21)14(26)22-12-7-8-24(16(27)23-12)15-18(19,20)13(11(9-25)28-15)29-30(5,6)17(2,3)4/h7-8,10-11,13,15,25H,9,21H2,1-6H3,(H,22,23,26,27)/t10-,11+,13+,15+/m0/s1. The van der Waals surface area contributed by atoms with E-state index in [1.54, 1.807) is 0 Å². The van der Waals surface area contributed by atoms with E-state index < -0.39 is 56.9 Å². The van der Waals surface area contributed by atoms with Crippen LogP contribution in [0.5, 0.6) is 0 Å². The fourth-order valence-electron chi connectivity index (χ4n) is 2.66. The van der Waals surface area contributed by atoms with Crippen molar-refractivity contribution in [3.8, 4) is 0 Å². The molecule has 1 aliphatic heterocycles. The number of anilines is 1. The number of halogens is 2. The van der Waals surface area contributed by atoms with Crippen LogP contribution in [-0.4, -0.2) is 59.7 Å². The van der Waals surface area contributed by atoms with Crippen molar-refractivity contribution >= 4 is 20.0 Å². The maximum atomic E-state index is 15.3. The average molecular weight is 449 g/mol. The van der Waals surface area contributed by atoms with Gasteiger partial charge in [0, 0.05) is 6.20 Å². The van der Waals surface area contributed by atoms with E-state index in [1.165, 1.54) is 13.0 Å². The second-order valence-corrected chi connectivity index (χ2v) is 13.7. The van der Waals surface area contributed by atoms with Gasteiger partial charge in [0.2, 0.25) is 12.1 Å². The number of carbonyl (C=O) groups is 1. The Labute approximate surface area is 174 Å². The zero-order valence-corrected chi connectivity index (χ0v) is 19.0. The number of hydrogen-bond donors (Lipinski definition) is 3. The lowest BCUT2D eigenvalue weighted by Crippen LogP contribution is -2.52. The average Bonchev–Trinajstić information content (AvgIpc) is 2.84. The van der Waals surface area contributed by atoms with Crippen LogP contribution in [0.2, 0.25) is 18.1 Å². The molecule has 1 aromatic heterocycles. The van der Waals surface area contributed by atoms with Crippen molar-refractivity contribution in [1.29, 1.82) is 0 Å². The molecular weight excluding hydrogens is 418 g/mol. The minimum atomic E-state index is -3.61.